The SMILES string of the molecule is NCC(=O)N1CCN(C2CCCC(NC=O)C2)CC1. The van der Waals surface area contributed by atoms with Crippen LogP contribution < -0.4 is 11.1 Å². The van der Waals surface area contributed by atoms with Crippen LogP contribution in [0.25, 0.3) is 0 Å². The Morgan fingerprint density at radius 2 is 2.00 bits per heavy atom. The van der Waals surface area contributed by atoms with Gasteiger partial charge in [-0.1, -0.05) is 0 Å². The van der Waals surface area contributed by atoms with Crippen molar-refractivity contribution in [3.05, 3.63) is 0 Å². The molecule has 3 N–H and O–H groups in total. The molecule has 0 spiro atoms. The molecule has 2 rings (SSSR count). The maximum absolute atomic E-state index is 11.5. The molecule has 1 aliphatic carbocycles. The normalized spacial score (nSPS) is 29.0. The zero-order chi connectivity index (χ0) is 13.7. The van der Waals surface area contributed by atoms with E-state index in [4.69, 9.17) is 5.73 Å². The number of amides is 2. The number of hydrogen-bond donors (Lipinski definition) is 2. The Morgan fingerprint density at radius 3 is 2.63 bits per heavy atom. The summed E-state index contributed by atoms with van der Waals surface area (Å²) in [7, 11) is 0. The van der Waals surface area contributed by atoms with Crippen LogP contribution in [0.4, 0.5) is 0 Å². The van der Waals surface area contributed by atoms with Gasteiger partial charge in [-0.2, -0.15) is 0 Å². The standard InChI is InChI=1S/C13H24N4O2/c14-9-13(19)17-6-4-16(5-7-17)12-3-1-2-11(8-12)15-10-18/h10-12H,1-9,14H2,(H,15,18). The predicted octanol–water partition coefficient (Wildman–Crippen LogP) is -0.853. The van der Waals surface area contributed by atoms with Crippen molar-refractivity contribution < 1.29 is 9.59 Å². The van der Waals surface area contributed by atoms with Crippen LogP contribution in [0.3, 0.4) is 0 Å². The molecule has 1 saturated carbocycles. The van der Waals surface area contributed by atoms with Crippen molar-refractivity contribution in [3.63, 3.8) is 0 Å². The fraction of sp³-hybridized carbons (Fsp3) is 0.846. The van der Waals surface area contributed by atoms with Gasteiger partial charge in [0.15, 0.2) is 0 Å². The van der Waals surface area contributed by atoms with Gasteiger partial charge in [-0.15, -0.1) is 0 Å². The Labute approximate surface area is 114 Å². The van der Waals surface area contributed by atoms with Gasteiger partial charge in [0, 0.05) is 38.3 Å². The Bertz CT molecular complexity index is 316. The number of nitrogens with one attached hydrogen (secondary N) is 1. The molecule has 6 heteroatoms. The van der Waals surface area contributed by atoms with E-state index in [0.29, 0.717) is 12.1 Å². The predicted molar refractivity (Wildman–Crippen MR) is 72.5 cm³/mol. The highest BCUT2D eigenvalue weighted by molar-refractivity contribution is 5.78. The van der Waals surface area contributed by atoms with Gasteiger partial charge in [0.1, 0.15) is 0 Å². The molecule has 108 valence electrons. The van der Waals surface area contributed by atoms with Crippen molar-refractivity contribution in [2.75, 3.05) is 32.7 Å². The molecule has 0 bridgehead atoms. The van der Waals surface area contributed by atoms with E-state index in [0.717, 1.165) is 51.9 Å². The lowest BCUT2D eigenvalue weighted by atomic mass is 9.89. The lowest BCUT2D eigenvalue weighted by Crippen LogP contribution is -2.54. The van der Waals surface area contributed by atoms with Gasteiger partial charge in [0.05, 0.1) is 6.54 Å². The Morgan fingerprint density at radius 1 is 1.26 bits per heavy atom. The summed E-state index contributed by atoms with van der Waals surface area (Å²) < 4.78 is 0. The molecule has 0 aromatic carbocycles. The average molecular weight is 268 g/mol. The molecule has 0 aromatic heterocycles. The van der Waals surface area contributed by atoms with Crippen molar-refractivity contribution in [1.29, 1.82) is 0 Å². The lowest BCUT2D eigenvalue weighted by molar-refractivity contribution is -0.131. The first-order valence-electron chi connectivity index (χ1n) is 7.16. The first kappa shape index (κ1) is 14.3. The Kier molecular flexibility index (Phi) is 5.15. The summed E-state index contributed by atoms with van der Waals surface area (Å²) in [4.78, 5) is 26.4. The molecule has 1 saturated heterocycles. The molecule has 2 unspecified atom stereocenters. The molecule has 1 aliphatic heterocycles. The molecule has 0 aromatic rings. The van der Waals surface area contributed by atoms with Crippen LogP contribution >= 0.6 is 0 Å². The van der Waals surface area contributed by atoms with E-state index in [-0.39, 0.29) is 12.5 Å². The van der Waals surface area contributed by atoms with E-state index in [2.05, 4.69) is 10.2 Å². The number of hydrogen-bond acceptors (Lipinski definition) is 4. The summed E-state index contributed by atoms with van der Waals surface area (Å²) in [5, 5.41) is 2.90. The van der Waals surface area contributed by atoms with E-state index in [9.17, 15) is 9.59 Å². The number of piperazine rings is 1. The second-order valence-corrected chi connectivity index (χ2v) is 5.42. The summed E-state index contributed by atoms with van der Waals surface area (Å²) in [6, 6.07) is 0.862. The van der Waals surface area contributed by atoms with Crippen LogP contribution in [0.5, 0.6) is 0 Å². The summed E-state index contributed by atoms with van der Waals surface area (Å²) >= 11 is 0. The van der Waals surface area contributed by atoms with Crippen LogP contribution in [-0.4, -0.2) is 66.9 Å². The van der Waals surface area contributed by atoms with E-state index >= 15 is 0 Å². The van der Waals surface area contributed by atoms with Crippen LogP contribution in [0.1, 0.15) is 25.7 Å². The first-order valence-corrected chi connectivity index (χ1v) is 7.16. The highest BCUT2D eigenvalue weighted by Crippen LogP contribution is 2.24. The fourth-order valence-electron chi connectivity index (χ4n) is 3.21. The zero-order valence-electron chi connectivity index (χ0n) is 11.4. The molecule has 2 fully saturated rings. The van der Waals surface area contributed by atoms with Crippen LogP contribution in [0, 0.1) is 0 Å². The number of rotatable bonds is 4. The minimum atomic E-state index is 0.0452. The highest BCUT2D eigenvalue weighted by Gasteiger charge is 2.29. The minimum absolute atomic E-state index is 0.0452. The summed E-state index contributed by atoms with van der Waals surface area (Å²) in [5.41, 5.74) is 5.39. The van der Waals surface area contributed by atoms with Gasteiger partial charge in [-0.3, -0.25) is 14.5 Å². The monoisotopic (exact) mass is 268 g/mol. The zero-order valence-corrected chi connectivity index (χ0v) is 11.4. The van der Waals surface area contributed by atoms with E-state index in [1.807, 2.05) is 4.90 Å². The second kappa shape index (κ2) is 6.86. The lowest BCUT2D eigenvalue weighted by Gasteiger charge is -2.42. The van der Waals surface area contributed by atoms with Crippen molar-refractivity contribution in [2.45, 2.75) is 37.8 Å². The highest BCUT2D eigenvalue weighted by atomic mass is 16.2. The molecular formula is C13H24N4O2. The molecule has 2 atom stereocenters. The third-order valence-corrected chi connectivity index (χ3v) is 4.31. The molecule has 1 heterocycles. The summed E-state index contributed by atoms with van der Waals surface area (Å²) in [6.45, 7) is 3.50. The second-order valence-electron chi connectivity index (χ2n) is 5.42. The quantitative estimate of drug-likeness (QED) is 0.651. The largest absolute Gasteiger partial charge is 0.356 e. The Balaban J connectivity index is 1.80. The number of carbonyl (C=O) groups is 2. The summed E-state index contributed by atoms with van der Waals surface area (Å²) in [5.74, 6) is 0.0452. The van der Waals surface area contributed by atoms with Crippen molar-refractivity contribution in [3.8, 4) is 0 Å². The number of nitrogens with zero attached hydrogens (tertiary/aromatic N) is 2. The van der Waals surface area contributed by atoms with Gasteiger partial charge < -0.3 is 16.0 Å². The summed E-state index contributed by atoms with van der Waals surface area (Å²) in [6.07, 6.45) is 5.29. The van der Waals surface area contributed by atoms with Crippen molar-refractivity contribution in [2.24, 2.45) is 5.73 Å². The number of nitrogens with two attached hydrogens (primary N) is 1. The van der Waals surface area contributed by atoms with Gasteiger partial charge in [0.2, 0.25) is 12.3 Å². The first-order chi connectivity index (χ1) is 9.24. The van der Waals surface area contributed by atoms with Crippen LogP contribution in [-0.2, 0) is 9.59 Å². The Hall–Kier alpha value is -1.14. The van der Waals surface area contributed by atoms with E-state index in [1.54, 1.807) is 0 Å². The molecule has 6 nitrogen and oxygen atoms in total. The smallest absolute Gasteiger partial charge is 0.236 e. The third-order valence-electron chi connectivity index (χ3n) is 4.31. The van der Waals surface area contributed by atoms with Crippen molar-refractivity contribution in [1.82, 2.24) is 15.1 Å². The van der Waals surface area contributed by atoms with E-state index < -0.39 is 0 Å². The van der Waals surface area contributed by atoms with Crippen molar-refractivity contribution >= 4 is 12.3 Å². The third kappa shape index (κ3) is 3.67. The molecular weight excluding hydrogens is 244 g/mol. The number of carbonyl (C=O) groups excluding carboxylic acids is 2. The van der Waals surface area contributed by atoms with Gasteiger partial charge in [0.25, 0.3) is 0 Å². The maximum Gasteiger partial charge on any atom is 0.236 e. The average Bonchev–Trinajstić information content (AvgIpc) is 2.47. The minimum Gasteiger partial charge on any atom is -0.356 e. The molecule has 0 radical (unpaired) electrons. The van der Waals surface area contributed by atoms with Gasteiger partial charge >= 0.3 is 0 Å². The van der Waals surface area contributed by atoms with Crippen LogP contribution in [0.15, 0.2) is 0 Å². The van der Waals surface area contributed by atoms with Gasteiger partial charge in [-0.25, -0.2) is 0 Å². The molecule has 2 amide bonds. The van der Waals surface area contributed by atoms with E-state index in [1.165, 1.54) is 6.42 Å². The maximum atomic E-state index is 11.5. The fourth-order valence-corrected chi connectivity index (χ4v) is 3.21. The molecule has 19 heavy (non-hydrogen) atoms. The topological polar surface area (TPSA) is 78.7 Å². The van der Waals surface area contributed by atoms with Gasteiger partial charge in [-0.05, 0) is 25.7 Å². The van der Waals surface area contributed by atoms with Crippen LogP contribution in [0.2, 0.25) is 0 Å². The molecule has 2 aliphatic rings.